The van der Waals surface area contributed by atoms with Gasteiger partial charge in [0.15, 0.2) is 5.82 Å². The van der Waals surface area contributed by atoms with E-state index in [1.807, 2.05) is 13.0 Å². The summed E-state index contributed by atoms with van der Waals surface area (Å²) in [5.41, 5.74) is 1.09. The van der Waals surface area contributed by atoms with Crippen LogP contribution in [0.15, 0.2) is 28.7 Å². The molecule has 0 aromatic carbocycles. The molecule has 0 saturated carbocycles. The first kappa shape index (κ1) is 6.67. The highest BCUT2D eigenvalue weighted by atomic mass is 15.3. The van der Waals surface area contributed by atoms with Crippen LogP contribution in [0.2, 0.25) is 0 Å². The second-order valence-corrected chi connectivity index (χ2v) is 1.91. The minimum atomic E-state index is 0.544. The SMILES string of the molecule is Cc1ccnc(N=NN)c1. The molecule has 0 atom stereocenters. The third-order valence-electron chi connectivity index (χ3n) is 1.06. The summed E-state index contributed by atoms with van der Waals surface area (Å²) in [5, 5.41) is 6.67. The van der Waals surface area contributed by atoms with Gasteiger partial charge in [-0.15, -0.1) is 5.11 Å². The van der Waals surface area contributed by atoms with Crippen molar-refractivity contribution < 1.29 is 0 Å². The van der Waals surface area contributed by atoms with Crippen molar-refractivity contribution in [2.24, 2.45) is 16.2 Å². The molecule has 0 bridgehead atoms. The van der Waals surface area contributed by atoms with Crippen molar-refractivity contribution in [1.82, 2.24) is 4.98 Å². The van der Waals surface area contributed by atoms with E-state index in [9.17, 15) is 0 Å². The van der Waals surface area contributed by atoms with Gasteiger partial charge in [-0.25, -0.2) is 4.98 Å². The molecule has 0 amide bonds. The zero-order chi connectivity index (χ0) is 7.40. The number of nitrogens with zero attached hydrogens (tertiary/aromatic N) is 3. The Bertz CT molecular complexity index is 243. The minimum absolute atomic E-state index is 0.544. The lowest BCUT2D eigenvalue weighted by Crippen LogP contribution is -1.78. The van der Waals surface area contributed by atoms with Gasteiger partial charge in [-0.2, -0.15) is 0 Å². The van der Waals surface area contributed by atoms with Gasteiger partial charge < -0.3 is 5.84 Å². The summed E-state index contributed by atoms with van der Waals surface area (Å²) in [6.07, 6.45) is 1.67. The highest BCUT2D eigenvalue weighted by Gasteiger charge is 1.88. The number of rotatable bonds is 1. The number of pyridine rings is 1. The quantitative estimate of drug-likeness (QED) is 0.359. The Balaban J connectivity index is 2.95. The Morgan fingerprint density at radius 2 is 2.40 bits per heavy atom. The standard InChI is InChI=1S/C6H8N4/c1-5-2-3-8-6(4-5)9-10-7/h2-4H,1H3,(H2,7,8,9). The van der Waals surface area contributed by atoms with Gasteiger partial charge in [-0.3, -0.25) is 0 Å². The number of hydrogen-bond donors (Lipinski definition) is 1. The second kappa shape index (κ2) is 2.91. The molecule has 52 valence electrons. The molecule has 1 aromatic heterocycles. The highest BCUT2D eigenvalue weighted by Crippen LogP contribution is 2.07. The van der Waals surface area contributed by atoms with E-state index in [4.69, 9.17) is 5.84 Å². The van der Waals surface area contributed by atoms with Gasteiger partial charge in [0.1, 0.15) is 0 Å². The lowest BCUT2D eigenvalue weighted by Gasteiger charge is -1.90. The summed E-state index contributed by atoms with van der Waals surface area (Å²) in [6.45, 7) is 1.96. The fraction of sp³-hybridized carbons (Fsp3) is 0.167. The molecule has 0 unspecified atom stereocenters. The molecule has 2 N–H and O–H groups in total. The van der Waals surface area contributed by atoms with Crippen molar-refractivity contribution in [3.63, 3.8) is 0 Å². The summed E-state index contributed by atoms with van der Waals surface area (Å²) in [5.74, 6) is 5.37. The van der Waals surface area contributed by atoms with Crippen LogP contribution in [0.1, 0.15) is 5.56 Å². The molecule has 0 saturated heterocycles. The monoisotopic (exact) mass is 136 g/mol. The molecule has 0 radical (unpaired) electrons. The van der Waals surface area contributed by atoms with E-state index in [-0.39, 0.29) is 0 Å². The number of aromatic nitrogens is 1. The molecule has 0 fully saturated rings. The summed E-state index contributed by atoms with van der Waals surface area (Å²) >= 11 is 0. The summed E-state index contributed by atoms with van der Waals surface area (Å²) < 4.78 is 0. The van der Waals surface area contributed by atoms with E-state index < -0.39 is 0 Å². The van der Waals surface area contributed by atoms with Gasteiger partial charge in [-0.05, 0) is 24.6 Å². The maximum atomic E-state index is 4.83. The Morgan fingerprint density at radius 3 is 3.00 bits per heavy atom. The summed E-state index contributed by atoms with van der Waals surface area (Å²) in [7, 11) is 0. The third kappa shape index (κ3) is 1.51. The van der Waals surface area contributed by atoms with Crippen molar-refractivity contribution in [1.29, 1.82) is 0 Å². The van der Waals surface area contributed by atoms with Gasteiger partial charge in [0.2, 0.25) is 0 Å². The van der Waals surface area contributed by atoms with Crippen LogP contribution in [-0.2, 0) is 0 Å². The van der Waals surface area contributed by atoms with Crippen molar-refractivity contribution in [2.45, 2.75) is 6.92 Å². The van der Waals surface area contributed by atoms with Crippen molar-refractivity contribution in [3.8, 4) is 0 Å². The lowest BCUT2D eigenvalue weighted by atomic mass is 10.3. The van der Waals surface area contributed by atoms with Crippen LogP contribution in [0.3, 0.4) is 0 Å². The first-order valence-electron chi connectivity index (χ1n) is 2.86. The van der Waals surface area contributed by atoms with Crippen LogP contribution < -0.4 is 5.84 Å². The molecule has 0 aliphatic carbocycles. The summed E-state index contributed by atoms with van der Waals surface area (Å²) in [6, 6.07) is 3.69. The Hall–Kier alpha value is -1.45. The molecule has 1 heterocycles. The minimum Gasteiger partial charge on any atom is -0.305 e. The molecular formula is C6H8N4. The van der Waals surface area contributed by atoms with Gasteiger partial charge in [-0.1, -0.05) is 5.22 Å². The van der Waals surface area contributed by atoms with Gasteiger partial charge >= 0.3 is 0 Å². The Labute approximate surface area is 58.8 Å². The smallest absolute Gasteiger partial charge is 0.176 e. The lowest BCUT2D eigenvalue weighted by molar-refractivity contribution is 1.03. The first-order valence-corrected chi connectivity index (χ1v) is 2.86. The molecular weight excluding hydrogens is 128 g/mol. The van der Waals surface area contributed by atoms with Crippen LogP contribution in [0.5, 0.6) is 0 Å². The second-order valence-electron chi connectivity index (χ2n) is 1.91. The van der Waals surface area contributed by atoms with Crippen LogP contribution in [-0.4, -0.2) is 4.98 Å². The Morgan fingerprint density at radius 1 is 1.60 bits per heavy atom. The van der Waals surface area contributed by atoms with E-state index in [0.29, 0.717) is 5.82 Å². The zero-order valence-electron chi connectivity index (χ0n) is 5.65. The summed E-state index contributed by atoms with van der Waals surface area (Å²) in [4.78, 5) is 3.89. The van der Waals surface area contributed by atoms with E-state index in [0.717, 1.165) is 5.56 Å². The van der Waals surface area contributed by atoms with Crippen LogP contribution in [0.4, 0.5) is 5.82 Å². The van der Waals surface area contributed by atoms with Crippen LogP contribution in [0, 0.1) is 6.92 Å². The fourth-order valence-electron chi connectivity index (χ4n) is 0.634. The average Bonchev–Trinajstić information content (AvgIpc) is 1.88. The number of hydrogen-bond acceptors (Lipinski definition) is 3. The molecule has 1 rings (SSSR count). The van der Waals surface area contributed by atoms with Crippen LogP contribution in [0.25, 0.3) is 0 Å². The van der Waals surface area contributed by atoms with Gasteiger partial charge in [0, 0.05) is 6.20 Å². The van der Waals surface area contributed by atoms with E-state index >= 15 is 0 Å². The maximum absolute atomic E-state index is 4.83. The third-order valence-corrected chi connectivity index (χ3v) is 1.06. The highest BCUT2D eigenvalue weighted by molar-refractivity contribution is 5.29. The number of aryl methyl sites for hydroxylation is 1. The predicted molar refractivity (Wildman–Crippen MR) is 37.7 cm³/mol. The van der Waals surface area contributed by atoms with E-state index in [2.05, 4.69) is 15.3 Å². The molecule has 4 heteroatoms. The largest absolute Gasteiger partial charge is 0.305 e. The fourth-order valence-corrected chi connectivity index (χ4v) is 0.634. The maximum Gasteiger partial charge on any atom is 0.176 e. The van der Waals surface area contributed by atoms with Crippen molar-refractivity contribution >= 4 is 5.82 Å². The van der Waals surface area contributed by atoms with E-state index in [1.54, 1.807) is 12.3 Å². The zero-order valence-corrected chi connectivity index (χ0v) is 5.65. The molecule has 10 heavy (non-hydrogen) atoms. The average molecular weight is 136 g/mol. The van der Waals surface area contributed by atoms with Crippen molar-refractivity contribution in [2.75, 3.05) is 0 Å². The molecule has 0 aliphatic rings. The van der Waals surface area contributed by atoms with E-state index in [1.165, 1.54) is 0 Å². The van der Waals surface area contributed by atoms with Crippen LogP contribution >= 0.6 is 0 Å². The van der Waals surface area contributed by atoms with Crippen molar-refractivity contribution in [3.05, 3.63) is 23.9 Å². The predicted octanol–water partition coefficient (Wildman–Crippen LogP) is 1.35. The molecule has 0 spiro atoms. The molecule has 4 nitrogen and oxygen atoms in total. The first-order chi connectivity index (χ1) is 4.83. The molecule has 1 aromatic rings. The molecule has 0 aliphatic heterocycles. The Kier molecular flexibility index (Phi) is 1.94. The normalized spacial score (nSPS) is 10.5. The van der Waals surface area contributed by atoms with Gasteiger partial charge in [0.25, 0.3) is 0 Å². The number of nitrogens with two attached hydrogens (primary N) is 1. The van der Waals surface area contributed by atoms with Gasteiger partial charge in [0.05, 0.1) is 0 Å². The topological polar surface area (TPSA) is 63.6 Å².